The van der Waals surface area contributed by atoms with Gasteiger partial charge in [0.25, 0.3) is 5.69 Å². The van der Waals surface area contributed by atoms with Gasteiger partial charge < -0.3 is 10.1 Å². The van der Waals surface area contributed by atoms with Gasteiger partial charge in [0.05, 0.1) is 4.92 Å². The third-order valence-electron chi connectivity index (χ3n) is 3.25. The molecule has 1 aromatic carbocycles. The Balaban J connectivity index is 1.61. The van der Waals surface area contributed by atoms with E-state index in [1.54, 1.807) is 12.1 Å². The van der Waals surface area contributed by atoms with Crippen molar-refractivity contribution in [3.05, 3.63) is 34.4 Å². The smallest absolute Gasteiger partial charge is 0.269 e. The van der Waals surface area contributed by atoms with Gasteiger partial charge in [-0.25, -0.2) is 0 Å². The lowest BCUT2D eigenvalue weighted by atomic mass is 9.85. The molecule has 98 valence electrons. The van der Waals surface area contributed by atoms with Crippen molar-refractivity contribution in [2.24, 2.45) is 5.92 Å². The molecule has 1 saturated carbocycles. The van der Waals surface area contributed by atoms with Crippen LogP contribution in [0.25, 0.3) is 0 Å². The normalized spacial score (nSPS) is 15.1. The lowest BCUT2D eigenvalue weighted by molar-refractivity contribution is -0.384. The van der Waals surface area contributed by atoms with Crippen molar-refractivity contribution in [3.8, 4) is 5.75 Å². The molecule has 2 rings (SSSR count). The van der Waals surface area contributed by atoms with Crippen molar-refractivity contribution in [3.63, 3.8) is 0 Å². The molecule has 1 aliphatic carbocycles. The molecule has 5 heteroatoms. The van der Waals surface area contributed by atoms with Crippen LogP contribution in [0.2, 0.25) is 0 Å². The molecule has 1 aliphatic rings. The number of nitro groups is 1. The van der Waals surface area contributed by atoms with E-state index in [0.29, 0.717) is 12.4 Å². The molecule has 0 atom stereocenters. The highest BCUT2D eigenvalue weighted by Gasteiger charge is 2.16. The van der Waals surface area contributed by atoms with Gasteiger partial charge in [0, 0.05) is 18.7 Å². The lowest BCUT2D eigenvalue weighted by Gasteiger charge is -2.25. The van der Waals surface area contributed by atoms with E-state index < -0.39 is 4.92 Å². The second kappa shape index (κ2) is 6.35. The highest BCUT2D eigenvalue weighted by molar-refractivity contribution is 5.35. The van der Waals surface area contributed by atoms with Crippen LogP contribution in [0.15, 0.2) is 24.3 Å². The van der Waals surface area contributed by atoms with E-state index in [2.05, 4.69) is 5.32 Å². The Kier molecular flexibility index (Phi) is 4.52. The Labute approximate surface area is 106 Å². The van der Waals surface area contributed by atoms with Crippen molar-refractivity contribution < 1.29 is 9.66 Å². The monoisotopic (exact) mass is 250 g/mol. The van der Waals surface area contributed by atoms with Gasteiger partial charge in [0.2, 0.25) is 0 Å². The van der Waals surface area contributed by atoms with Crippen LogP contribution in [-0.4, -0.2) is 24.6 Å². The fourth-order valence-electron chi connectivity index (χ4n) is 1.91. The van der Waals surface area contributed by atoms with E-state index in [1.165, 1.54) is 31.4 Å². The molecule has 0 heterocycles. The van der Waals surface area contributed by atoms with E-state index in [-0.39, 0.29) is 5.69 Å². The number of non-ortho nitro benzene ring substituents is 1. The highest BCUT2D eigenvalue weighted by atomic mass is 16.6. The Morgan fingerprint density at radius 1 is 1.33 bits per heavy atom. The molecule has 0 amide bonds. The standard InChI is InChI=1S/C13H18N2O3/c16-15(17)12-4-6-13(7-5-12)18-9-8-14-10-11-2-1-3-11/h4-7,11,14H,1-3,8-10H2. The molecule has 0 aromatic heterocycles. The van der Waals surface area contributed by atoms with Gasteiger partial charge >= 0.3 is 0 Å². The van der Waals surface area contributed by atoms with Crippen LogP contribution in [-0.2, 0) is 0 Å². The molecule has 0 spiro atoms. The van der Waals surface area contributed by atoms with E-state index in [0.717, 1.165) is 19.0 Å². The average Bonchev–Trinajstić information content (AvgIpc) is 2.32. The van der Waals surface area contributed by atoms with Gasteiger partial charge in [0.15, 0.2) is 0 Å². The maximum absolute atomic E-state index is 10.5. The third kappa shape index (κ3) is 3.70. The van der Waals surface area contributed by atoms with Crippen LogP contribution in [0.5, 0.6) is 5.75 Å². The summed E-state index contributed by atoms with van der Waals surface area (Å²) in [6.07, 6.45) is 4.05. The molecule has 0 unspecified atom stereocenters. The zero-order chi connectivity index (χ0) is 12.8. The maximum Gasteiger partial charge on any atom is 0.269 e. The summed E-state index contributed by atoms with van der Waals surface area (Å²) in [5.74, 6) is 1.52. The summed E-state index contributed by atoms with van der Waals surface area (Å²) in [5.41, 5.74) is 0.0884. The lowest BCUT2D eigenvalue weighted by Crippen LogP contribution is -2.30. The SMILES string of the molecule is O=[N+]([O-])c1ccc(OCCNCC2CCC2)cc1. The van der Waals surface area contributed by atoms with Gasteiger partial charge in [-0.1, -0.05) is 6.42 Å². The largest absolute Gasteiger partial charge is 0.492 e. The summed E-state index contributed by atoms with van der Waals surface area (Å²) in [6, 6.07) is 6.17. The van der Waals surface area contributed by atoms with E-state index >= 15 is 0 Å². The van der Waals surface area contributed by atoms with Crippen LogP contribution >= 0.6 is 0 Å². The van der Waals surface area contributed by atoms with Gasteiger partial charge in [-0.05, 0) is 37.4 Å². The number of hydrogen-bond acceptors (Lipinski definition) is 4. The average molecular weight is 250 g/mol. The predicted molar refractivity (Wildman–Crippen MR) is 68.8 cm³/mol. The molecular formula is C13H18N2O3. The summed E-state index contributed by atoms with van der Waals surface area (Å²) < 4.78 is 5.49. The first-order chi connectivity index (χ1) is 8.75. The van der Waals surface area contributed by atoms with Gasteiger partial charge in [-0.15, -0.1) is 0 Å². The summed E-state index contributed by atoms with van der Waals surface area (Å²) in [5, 5.41) is 13.8. The second-order valence-electron chi connectivity index (χ2n) is 4.60. The molecule has 1 N–H and O–H groups in total. The summed E-state index contributed by atoms with van der Waals surface area (Å²) in [4.78, 5) is 10.1. The highest BCUT2D eigenvalue weighted by Crippen LogP contribution is 2.25. The Morgan fingerprint density at radius 3 is 2.61 bits per heavy atom. The first kappa shape index (κ1) is 12.8. The van der Waals surface area contributed by atoms with Crippen molar-refractivity contribution in [1.29, 1.82) is 0 Å². The van der Waals surface area contributed by atoms with Crippen LogP contribution < -0.4 is 10.1 Å². The Bertz CT molecular complexity index is 388. The predicted octanol–water partition coefficient (Wildman–Crippen LogP) is 2.36. The quantitative estimate of drug-likeness (QED) is 0.458. The van der Waals surface area contributed by atoms with E-state index in [1.807, 2.05) is 0 Å². The number of nitrogens with one attached hydrogen (secondary N) is 1. The van der Waals surface area contributed by atoms with Crippen molar-refractivity contribution in [2.75, 3.05) is 19.7 Å². The zero-order valence-corrected chi connectivity index (χ0v) is 10.3. The van der Waals surface area contributed by atoms with Crippen molar-refractivity contribution >= 4 is 5.69 Å². The van der Waals surface area contributed by atoms with Crippen LogP contribution in [0.3, 0.4) is 0 Å². The summed E-state index contributed by atoms with van der Waals surface area (Å²) in [7, 11) is 0. The fourth-order valence-corrected chi connectivity index (χ4v) is 1.91. The summed E-state index contributed by atoms with van der Waals surface area (Å²) >= 11 is 0. The van der Waals surface area contributed by atoms with E-state index in [9.17, 15) is 10.1 Å². The molecule has 18 heavy (non-hydrogen) atoms. The molecule has 0 bridgehead atoms. The number of ether oxygens (including phenoxy) is 1. The first-order valence-corrected chi connectivity index (χ1v) is 6.33. The topological polar surface area (TPSA) is 64.4 Å². The minimum atomic E-state index is -0.413. The van der Waals surface area contributed by atoms with Gasteiger partial charge in [-0.3, -0.25) is 10.1 Å². The fraction of sp³-hybridized carbons (Fsp3) is 0.538. The molecular weight excluding hydrogens is 232 g/mol. The van der Waals surface area contributed by atoms with Crippen LogP contribution in [0.1, 0.15) is 19.3 Å². The minimum Gasteiger partial charge on any atom is -0.492 e. The van der Waals surface area contributed by atoms with Crippen LogP contribution in [0, 0.1) is 16.0 Å². The Hall–Kier alpha value is -1.62. The molecule has 0 aliphatic heterocycles. The molecule has 1 fully saturated rings. The number of benzene rings is 1. The third-order valence-corrected chi connectivity index (χ3v) is 3.25. The van der Waals surface area contributed by atoms with E-state index in [4.69, 9.17) is 4.74 Å². The van der Waals surface area contributed by atoms with Crippen LogP contribution in [0.4, 0.5) is 5.69 Å². The zero-order valence-electron chi connectivity index (χ0n) is 10.3. The molecule has 0 radical (unpaired) electrons. The number of rotatable bonds is 7. The number of nitrogens with zero attached hydrogens (tertiary/aromatic N) is 1. The minimum absolute atomic E-state index is 0.0884. The molecule has 5 nitrogen and oxygen atoms in total. The van der Waals surface area contributed by atoms with Crippen molar-refractivity contribution in [2.45, 2.75) is 19.3 Å². The maximum atomic E-state index is 10.5. The molecule has 0 saturated heterocycles. The number of hydrogen-bond donors (Lipinski definition) is 1. The molecule has 1 aromatic rings. The second-order valence-corrected chi connectivity index (χ2v) is 4.60. The Morgan fingerprint density at radius 2 is 2.06 bits per heavy atom. The summed E-state index contributed by atoms with van der Waals surface area (Å²) in [6.45, 7) is 2.47. The first-order valence-electron chi connectivity index (χ1n) is 6.33. The van der Waals surface area contributed by atoms with Crippen molar-refractivity contribution in [1.82, 2.24) is 5.32 Å². The van der Waals surface area contributed by atoms with Gasteiger partial charge in [0.1, 0.15) is 12.4 Å². The number of nitro benzene ring substituents is 1. The van der Waals surface area contributed by atoms with Gasteiger partial charge in [-0.2, -0.15) is 0 Å².